The Bertz CT molecular complexity index is 635. The molecule has 1 aromatic carbocycles. The Labute approximate surface area is 143 Å². The first-order chi connectivity index (χ1) is 11.1. The molecular weight excluding hydrogens is 304 g/mol. The molecule has 23 heavy (non-hydrogen) atoms. The standard InChI is InChI=1S/C18H22N4S/c1-15(17(14-19)18(20)23)22-12-10-21(11-13-22)9-5-8-16-6-3-2-4-7-16/h2-8H,9-13H2,1H3,(H2,20,23)/b8-5+,17-15-. The Morgan fingerprint density at radius 1 is 1.26 bits per heavy atom. The molecule has 0 radical (unpaired) electrons. The summed E-state index contributed by atoms with van der Waals surface area (Å²) in [4.78, 5) is 4.77. The molecule has 0 aliphatic carbocycles. The molecule has 5 heteroatoms. The van der Waals surface area contributed by atoms with Crippen molar-refractivity contribution in [3.63, 3.8) is 0 Å². The Hall–Kier alpha value is -2.16. The van der Waals surface area contributed by atoms with Crippen molar-refractivity contribution >= 4 is 23.3 Å². The molecule has 120 valence electrons. The largest absolute Gasteiger partial charge is 0.389 e. The van der Waals surface area contributed by atoms with E-state index < -0.39 is 0 Å². The zero-order valence-electron chi connectivity index (χ0n) is 13.4. The minimum Gasteiger partial charge on any atom is -0.389 e. The molecule has 2 rings (SSSR count). The third-order valence-electron chi connectivity index (χ3n) is 4.04. The van der Waals surface area contributed by atoms with Gasteiger partial charge in [-0.3, -0.25) is 4.90 Å². The second kappa shape index (κ2) is 8.47. The van der Waals surface area contributed by atoms with Crippen LogP contribution in [0.25, 0.3) is 6.08 Å². The molecule has 0 aromatic heterocycles. The molecule has 2 N–H and O–H groups in total. The molecule has 0 saturated carbocycles. The number of allylic oxidation sites excluding steroid dienone is 1. The lowest BCUT2D eigenvalue weighted by atomic mass is 10.2. The van der Waals surface area contributed by atoms with Gasteiger partial charge in [-0.1, -0.05) is 54.7 Å². The predicted octanol–water partition coefficient (Wildman–Crippen LogP) is 2.40. The van der Waals surface area contributed by atoms with Crippen molar-refractivity contribution in [2.24, 2.45) is 5.73 Å². The van der Waals surface area contributed by atoms with Crippen molar-refractivity contribution in [2.45, 2.75) is 6.92 Å². The SMILES string of the molecule is C/C(=C(\C#N)C(N)=S)N1CCN(C/C=C/c2ccccc2)CC1. The summed E-state index contributed by atoms with van der Waals surface area (Å²) in [6.45, 7) is 6.56. The molecule has 1 saturated heterocycles. The number of hydrogen-bond donors (Lipinski definition) is 1. The van der Waals surface area contributed by atoms with Gasteiger partial charge in [-0.05, 0) is 12.5 Å². The molecule has 0 atom stereocenters. The van der Waals surface area contributed by atoms with Crippen LogP contribution in [0.15, 0.2) is 47.7 Å². The quantitative estimate of drug-likeness (QED) is 0.511. The fourth-order valence-corrected chi connectivity index (χ4v) is 2.83. The van der Waals surface area contributed by atoms with E-state index in [0.717, 1.165) is 38.4 Å². The molecule has 1 aliphatic rings. The fourth-order valence-electron chi connectivity index (χ4n) is 2.64. The van der Waals surface area contributed by atoms with Gasteiger partial charge in [0.1, 0.15) is 16.6 Å². The molecule has 0 bridgehead atoms. The third-order valence-corrected chi connectivity index (χ3v) is 4.24. The van der Waals surface area contributed by atoms with Crippen LogP contribution in [0.5, 0.6) is 0 Å². The average Bonchev–Trinajstić information content (AvgIpc) is 2.56. The van der Waals surface area contributed by atoms with Gasteiger partial charge < -0.3 is 10.6 Å². The van der Waals surface area contributed by atoms with E-state index in [9.17, 15) is 0 Å². The number of rotatable bonds is 5. The van der Waals surface area contributed by atoms with Crippen LogP contribution in [0, 0.1) is 11.3 Å². The first kappa shape index (κ1) is 17.2. The van der Waals surface area contributed by atoms with Gasteiger partial charge in [-0.2, -0.15) is 5.26 Å². The molecule has 1 heterocycles. The van der Waals surface area contributed by atoms with Gasteiger partial charge in [-0.25, -0.2) is 0 Å². The van der Waals surface area contributed by atoms with E-state index in [1.807, 2.05) is 25.1 Å². The van der Waals surface area contributed by atoms with Crippen LogP contribution < -0.4 is 5.73 Å². The molecule has 1 aliphatic heterocycles. The van der Waals surface area contributed by atoms with E-state index in [-0.39, 0.29) is 4.99 Å². The maximum absolute atomic E-state index is 9.15. The van der Waals surface area contributed by atoms with Gasteiger partial charge in [0.15, 0.2) is 0 Å². The minimum absolute atomic E-state index is 0.179. The van der Waals surface area contributed by atoms with Gasteiger partial charge in [0.2, 0.25) is 0 Å². The Kier molecular flexibility index (Phi) is 6.33. The summed E-state index contributed by atoms with van der Waals surface area (Å²) in [6.07, 6.45) is 4.35. The van der Waals surface area contributed by atoms with Crippen LogP contribution in [0.3, 0.4) is 0 Å². The summed E-state index contributed by atoms with van der Waals surface area (Å²) >= 11 is 4.94. The smallest absolute Gasteiger partial charge is 0.116 e. The van der Waals surface area contributed by atoms with Crippen LogP contribution >= 0.6 is 12.2 Å². The first-order valence-electron chi connectivity index (χ1n) is 7.71. The average molecular weight is 326 g/mol. The highest BCUT2D eigenvalue weighted by Crippen LogP contribution is 2.13. The Balaban J connectivity index is 1.86. The van der Waals surface area contributed by atoms with E-state index in [4.69, 9.17) is 23.2 Å². The highest BCUT2D eigenvalue weighted by Gasteiger charge is 2.18. The van der Waals surface area contributed by atoms with Gasteiger partial charge in [0.25, 0.3) is 0 Å². The zero-order chi connectivity index (χ0) is 16.7. The Morgan fingerprint density at radius 3 is 2.48 bits per heavy atom. The van der Waals surface area contributed by atoms with Crippen LogP contribution in [0.4, 0.5) is 0 Å². The van der Waals surface area contributed by atoms with Crippen molar-refractivity contribution in [1.29, 1.82) is 5.26 Å². The minimum atomic E-state index is 0.179. The number of piperazine rings is 1. The van der Waals surface area contributed by atoms with E-state index in [0.29, 0.717) is 5.57 Å². The molecule has 1 fully saturated rings. The molecule has 0 unspecified atom stereocenters. The maximum Gasteiger partial charge on any atom is 0.116 e. The molecule has 0 amide bonds. The second-order valence-corrected chi connectivity index (χ2v) is 5.98. The van der Waals surface area contributed by atoms with Gasteiger partial charge in [0.05, 0.1) is 0 Å². The highest BCUT2D eigenvalue weighted by atomic mass is 32.1. The summed E-state index contributed by atoms with van der Waals surface area (Å²) in [6, 6.07) is 12.4. The fraction of sp³-hybridized carbons (Fsp3) is 0.333. The topological polar surface area (TPSA) is 56.3 Å². The number of nitrogens with zero attached hydrogens (tertiary/aromatic N) is 3. The normalized spacial score (nSPS) is 17.0. The van der Waals surface area contributed by atoms with Crippen LogP contribution in [-0.4, -0.2) is 47.5 Å². The highest BCUT2D eigenvalue weighted by molar-refractivity contribution is 7.80. The molecule has 4 nitrogen and oxygen atoms in total. The third kappa shape index (κ3) is 4.92. The van der Waals surface area contributed by atoms with Crippen molar-refractivity contribution in [3.05, 3.63) is 53.2 Å². The van der Waals surface area contributed by atoms with Crippen LogP contribution in [-0.2, 0) is 0 Å². The number of thiocarbonyl (C=S) groups is 1. The Morgan fingerprint density at radius 2 is 1.91 bits per heavy atom. The van der Waals surface area contributed by atoms with Gasteiger partial charge in [0, 0.05) is 38.4 Å². The number of nitriles is 1. The predicted molar refractivity (Wildman–Crippen MR) is 98.6 cm³/mol. The monoisotopic (exact) mass is 326 g/mol. The van der Waals surface area contributed by atoms with E-state index in [2.05, 4.69) is 40.2 Å². The van der Waals surface area contributed by atoms with E-state index in [1.165, 1.54) is 5.56 Å². The maximum atomic E-state index is 9.15. The van der Waals surface area contributed by atoms with E-state index in [1.54, 1.807) is 0 Å². The lowest BCUT2D eigenvalue weighted by Gasteiger charge is -2.36. The summed E-state index contributed by atoms with van der Waals surface area (Å²) < 4.78 is 0. The summed E-state index contributed by atoms with van der Waals surface area (Å²) in [5.74, 6) is 0. The van der Waals surface area contributed by atoms with Crippen molar-refractivity contribution < 1.29 is 0 Å². The number of nitrogens with two attached hydrogens (primary N) is 1. The summed E-state index contributed by atoms with van der Waals surface area (Å²) in [5.41, 5.74) is 8.15. The van der Waals surface area contributed by atoms with Crippen molar-refractivity contribution in [1.82, 2.24) is 9.80 Å². The van der Waals surface area contributed by atoms with Gasteiger partial charge in [-0.15, -0.1) is 0 Å². The molecule has 0 spiro atoms. The summed E-state index contributed by atoms with van der Waals surface area (Å²) in [5, 5.41) is 9.15. The zero-order valence-corrected chi connectivity index (χ0v) is 14.2. The lowest BCUT2D eigenvalue weighted by Crippen LogP contribution is -2.45. The number of benzene rings is 1. The van der Waals surface area contributed by atoms with Crippen molar-refractivity contribution in [3.8, 4) is 6.07 Å². The van der Waals surface area contributed by atoms with Crippen LogP contribution in [0.1, 0.15) is 12.5 Å². The molecular formula is C18H22N4S. The van der Waals surface area contributed by atoms with Crippen molar-refractivity contribution in [2.75, 3.05) is 32.7 Å². The van der Waals surface area contributed by atoms with E-state index >= 15 is 0 Å². The lowest BCUT2D eigenvalue weighted by molar-refractivity contribution is 0.172. The number of hydrogen-bond acceptors (Lipinski definition) is 4. The second-order valence-electron chi connectivity index (χ2n) is 5.54. The van der Waals surface area contributed by atoms with Gasteiger partial charge >= 0.3 is 0 Å². The first-order valence-corrected chi connectivity index (χ1v) is 8.12. The summed E-state index contributed by atoms with van der Waals surface area (Å²) in [7, 11) is 0. The molecule has 1 aromatic rings. The van der Waals surface area contributed by atoms with Crippen LogP contribution in [0.2, 0.25) is 0 Å².